The summed E-state index contributed by atoms with van der Waals surface area (Å²) in [6.07, 6.45) is 2.75. The summed E-state index contributed by atoms with van der Waals surface area (Å²) in [5.74, 6) is 0.448. The molecule has 1 unspecified atom stereocenters. The van der Waals surface area contributed by atoms with Crippen LogP contribution in [0, 0.1) is 11.8 Å². The van der Waals surface area contributed by atoms with E-state index < -0.39 is 0 Å². The van der Waals surface area contributed by atoms with Gasteiger partial charge in [0.25, 0.3) is 0 Å². The summed E-state index contributed by atoms with van der Waals surface area (Å²) >= 11 is 0. The second kappa shape index (κ2) is 2.86. The van der Waals surface area contributed by atoms with Crippen LogP contribution in [0.25, 0.3) is 0 Å². The summed E-state index contributed by atoms with van der Waals surface area (Å²) in [7, 11) is 0. The Labute approximate surface area is 60.9 Å². The molecule has 0 N–H and O–H groups in total. The summed E-state index contributed by atoms with van der Waals surface area (Å²) in [6, 6.07) is 0. The predicted molar refractivity (Wildman–Crippen MR) is 38.4 cm³/mol. The van der Waals surface area contributed by atoms with Crippen molar-refractivity contribution in [2.75, 3.05) is 6.61 Å². The molecule has 1 saturated carbocycles. The zero-order valence-corrected chi connectivity index (χ0v) is 6.17. The molecule has 0 amide bonds. The minimum atomic E-state index is -0.0626. The van der Waals surface area contributed by atoms with Crippen LogP contribution in [0.5, 0.6) is 0 Å². The van der Waals surface area contributed by atoms with Gasteiger partial charge in [0, 0.05) is 0 Å². The molecular formula is C8H12O2. The number of ether oxygens (including phenoxy) is 1. The summed E-state index contributed by atoms with van der Waals surface area (Å²) in [5, 5.41) is 0. The molecule has 0 aromatic rings. The van der Waals surface area contributed by atoms with Crippen molar-refractivity contribution in [3.8, 4) is 0 Å². The number of esters is 1. The topological polar surface area (TPSA) is 26.3 Å². The molecule has 0 spiro atoms. The lowest BCUT2D eigenvalue weighted by atomic mass is 10.3. The molecule has 2 heteroatoms. The van der Waals surface area contributed by atoms with Crippen LogP contribution in [0.15, 0.2) is 12.7 Å². The third-order valence-electron chi connectivity index (χ3n) is 1.73. The zero-order valence-electron chi connectivity index (χ0n) is 6.17. The molecule has 1 aliphatic carbocycles. The molecule has 10 heavy (non-hydrogen) atoms. The van der Waals surface area contributed by atoms with Gasteiger partial charge in [-0.3, -0.25) is 4.79 Å². The Morgan fingerprint density at radius 2 is 2.60 bits per heavy atom. The molecule has 1 fully saturated rings. The average molecular weight is 140 g/mol. The Kier molecular flexibility index (Phi) is 2.10. The van der Waals surface area contributed by atoms with Crippen molar-refractivity contribution < 1.29 is 9.53 Å². The maximum absolute atomic E-state index is 10.9. The number of carbonyl (C=O) groups is 1. The lowest BCUT2D eigenvalue weighted by Gasteiger charge is -1.97. The first-order valence-corrected chi connectivity index (χ1v) is 3.58. The number of allylic oxidation sites excluding steroid dienone is 1. The van der Waals surface area contributed by atoms with Crippen LogP contribution in [0.1, 0.15) is 13.3 Å². The zero-order chi connectivity index (χ0) is 7.56. The molecule has 0 aromatic heterocycles. The third kappa shape index (κ3) is 1.38. The van der Waals surface area contributed by atoms with Gasteiger partial charge >= 0.3 is 5.97 Å². The second-order valence-corrected chi connectivity index (χ2v) is 2.49. The maximum Gasteiger partial charge on any atom is 0.309 e. The van der Waals surface area contributed by atoms with Crippen molar-refractivity contribution in [2.45, 2.75) is 13.3 Å². The number of rotatable bonds is 3. The fraction of sp³-hybridized carbons (Fsp3) is 0.625. The minimum absolute atomic E-state index is 0.0626. The summed E-state index contributed by atoms with van der Waals surface area (Å²) in [6.45, 7) is 5.92. The van der Waals surface area contributed by atoms with Gasteiger partial charge < -0.3 is 4.74 Å². The van der Waals surface area contributed by atoms with Gasteiger partial charge in [0.1, 0.15) is 0 Å². The van der Waals surface area contributed by atoms with Crippen LogP contribution in [0.2, 0.25) is 0 Å². The van der Waals surface area contributed by atoms with Crippen LogP contribution in [-0.4, -0.2) is 12.6 Å². The Morgan fingerprint density at radius 1 is 1.90 bits per heavy atom. The molecule has 0 bridgehead atoms. The quantitative estimate of drug-likeness (QED) is 0.437. The van der Waals surface area contributed by atoms with Crippen LogP contribution < -0.4 is 0 Å². The Morgan fingerprint density at radius 3 is 3.00 bits per heavy atom. The molecule has 2 atom stereocenters. The summed E-state index contributed by atoms with van der Waals surface area (Å²) in [5.41, 5.74) is 0. The van der Waals surface area contributed by atoms with Gasteiger partial charge in [0.05, 0.1) is 12.5 Å². The molecule has 0 radical (unpaired) electrons. The van der Waals surface area contributed by atoms with E-state index in [2.05, 4.69) is 6.58 Å². The first kappa shape index (κ1) is 7.32. The lowest BCUT2D eigenvalue weighted by Crippen LogP contribution is -2.06. The van der Waals surface area contributed by atoms with Gasteiger partial charge in [-0.15, -0.1) is 6.58 Å². The molecule has 1 aliphatic rings. The van der Waals surface area contributed by atoms with Crippen LogP contribution in [0.4, 0.5) is 0 Å². The Bertz CT molecular complexity index is 151. The normalized spacial score (nSPS) is 29.3. The van der Waals surface area contributed by atoms with E-state index in [9.17, 15) is 4.79 Å². The van der Waals surface area contributed by atoms with Gasteiger partial charge in [-0.25, -0.2) is 0 Å². The van der Waals surface area contributed by atoms with Gasteiger partial charge in [-0.05, 0) is 19.3 Å². The van der Waals surface area contributed by atoms with E-state index in [1.807, 2.05) is 13.0 Å². The largest absolute Gasteiger partial charge is 0.466 e. The predicted octanol–water partition coefficient (Wildman–Crippen LogP) is 1.37. The van der Waals surface area contributed by atoms with Crippen LogP contribution in [0.3, 0.4) is 0 Å². The molecule has 1 rings (SSSR count). The molecule has 0 aromatic carbocycles. The monoisotopic (exact) mass is 140 g/mol. The number of carbonyl (C=O) groups excluding carboxylic acids is 1. The minimum Gasteiger partial charge on any atom is -0.466 e. The van der Waals surface area contributed by atoms with Crippen molar-refractivity contribution in [3.63, 3.8) is 0 Å². The molecule has 0 aliphatic heterocycles. The van der Waals surface area contributed by atoms with Crippen molar-refractivity contribution in [3.05, 3.63) is 12.7 Å². The average Bonchev–Trinajstić information content (AvgIpc) is 2.66. The van der Waals surface area contributed by atoms with E-state index in [0.717, 1.165) is 6.42 Å². The van der Waals surface area contributed by atoms with E-state index >= 15 is 0 Å². The van der Waals surface area contributed by atoms with Gasteiger partial charge in [0.2, 0.25) is 0 Å². The summed E-state index contributed by atoms with van der Waals surface area (Å²) < 4.78 is 4.81. The highest BCUT2D eigenvalue weighted by Crippen LogP contribution is 2.39. The van der Waals surface area contributed by atoms with Gasteiger partial charge in [-0.2, -0.15) is 0 Å². The lowest BCUT2D eigenvalue weighted by molar-refractivity contribution is -0.144. The first-order valence-electron chi connectivity index (χ1n) is 3.58. The van der Waals surface area contributed by atoms with Crippen molar-refractivity contribution >= 4 is 5.97 Å². The molecule has 0 heterocycles. The van der Waals surface area contributed by atoms with E-state index in [-0.39, 0.29) is 11.9 Å². The van der Waals surface area contributed by atoms with Crippen molar-refractivity contribution in [1.82, 2.24) is 0 Å². The fourth-order valence-electron chi connectivity index (χ4n) is 0.995. The molecule has 0 saturated heterocycles. The molecular weight excluding hydrogens is 128 g/mol. The van der Waals surface area contributed by atoms with E-state index in [1.165, 1.54) is 0 Å². The number of hydrogen-bond donors (Lipinski definition) is 0. The van der Waals surface area contributed by atoms with Crippen LogP contribution in [-0.2, 0) is 9.53 Å². The third-order valence-corrected chi connectivity index (χ3v) is 1.73. The highest BCUT2D eigenvalue weighted by Gasteiger charge is 2.41. The van der Waals surface area contributed by atoms with Crippen LogP contribution >= 0.6 is 0 Å². The van der Waals surface area contributed by atoms with Gasteiger partial charge in [-0.1, -0.05) is 6.08 Å². The SMILES string of the molecule is C=CC1C[C@@H]1C(=O)OCC. The van der Waals surface area contributed by atoms with E-state index in [1.54, 1.807) is 0 Å². The van der Waals surface area contributed by atoms with E-state index in [4.69, 9.17) is 4.74 Å². The highest BCUT2D eigenvalue weighted by molar-refractivity contribution is 5.76. The number of hydrogen-bond acceptors (Lipinski definition) is 2. The smallest absolute Gasteiger partial charge is 0.309 e. The van der Waals surface area contributed by atoms with Gasteiger partial charge in [0.15, 0.2) is 0 Å². The maximum atomic E-state index is 10.9. The van der Waals surface area contributed by atoms with Crippen molar-refractivity contribution in [2.24, 2.45) is 11.8 Å². The Hall–Kier alpha value is -0.790. The highest BCUT2D eigenvalue weighted by atomic mass is 16.5. The molecule has 2 nitrogen and oxygen atoms in total. The Balaban J connectivity index is 2.25. The molecule has 56 valence electrons. The summed E-state index contributed by atoms with van der Waals surface area (Å²) in [4.78, 5) is 10.9. The first-order chi connectivity index (χ1) is 4.79. The van der Waals surface area contributed by atoms with Crippen molar-refractivity contribution in [1.29, 1.82) is 0 Å². The standard InChI is InChI=1S/C8H12O2/c1-3-6-5-7(6)8(9)10-4-2/h3,6-7H,1,4-5H2,2H3/t6?,7-/m0/s1. The van der Waals surface area contributed by atoms with E-state index in [0.29, 0.717) is 12.5 Å². The fourth-order valence-corrected chi connectivity index (χ4v) is 0.995. The second-order valence-electron chi connectivity index (χ2n) is 2.49.